The zero-order valence-corrected chi connectivity index (χ0v) is 8.03. The monoisotopic (exact) mass is 199 g/mol. The first-order valence-electron chi connectivity index (χ1n) is 3.87. The lowest BCUT2D eigenvalue weighted by molar-refractivity contribution is 0.338. The van der Waals surface area contributed by atoms with E-state index in [4.69, 9.17) is 10.5 Å². The highest BCUT2D eigenvalue weighted by molar-refractivity contribution is 7.80. The number of thiocarbonyl (C=S) groups is 1. The molecule has 13 heavy (non-hydrogen) atoms. The summed E-state index contributed by atoms with van der Waals surface area (Å²) in [6, 6.07) is 4.43. The van der Waals surface area contributed by atoms with Crippen LogP contribution in [0.3, 0.4) is 0 Å². The van der Waals surface area contributed by atoms with Gasteiger partial charge in [-0.3, -0.25) is 0 Å². The summed E-state index contributed by atoms with van der Waals surface area (Å²) < 4.78 is 18.3. The second kappa shape index (κ2) is 4.18. The molecule has 0 heterocycles. The Morgan fingerprint density at radius 1 is 1.62 bits per heavy atom. The number of halogens is 1. The van der Waals surface area contributed by atoms with Gasteiger partial charge in [0.05, 0.1) is 6.61 Å². The summed E-state index contributed by atoms with van der Waals surface area (Å²) in [5, 5.41) is 0. The number of benzene rings is 1. The molecule has 1 aromatic rings. The Morgan fingerprint density at radius 3 is 2.77 bits per heavy atom. The summed E-state index contributed by atoms with van der Waals surface area (Å²) in [5.74, 6) is 0.0402. The number of rotatable bonds is 3. The summed E-state index contributed by atoms with van der Waals surface area (Å²) in [6.07, 6.45) is 0. The summed E-state index contributed by atoms with van der Waals surface area (Å²) in [7, 11) is 0. The molecule has 0 aliphatic heterocycles. The smallest absolute Gasteiger partial charge is 0.137 e. The summed E-state index contributed by atoms with van der Waals surface area (Å²) in [5.41, 5.74) is 5.54. The number of ether oxygens (including phenoxy) is 1. The van der Waals surface area contributed by atoms with Gasteiger partial charge in [0.2, 0.25) is 0 Å². The highest BCUT2D eigenvalue weighted by atomic mass is 32.1. The second-order valence-electron chi connectivity index (χ2n) is 2.44. The van der Waals surface area contributed by atoms with E-state index in [-0.39, 0.29) is 10.6 Å². The first-order chi connectivity index (χ1) is 6.15. The lowest BCUT2D eigenvalue weighted by atomic mass is 10.2. The van der Waals surface area contributed by atoms with Crippen molar-refractivity contribution in [2.24, 2.45) is 5.73 Å². The van der Waals surface area contributed by atoms with Crippen molar-refractivity contribution in [3.63, 3.8) is 0 Å². The van der Waals surface area contributed by atoms with Crippen LogP contribution < -0.4 is 10.5 Å². The SMILES string of the molecule is CCOc1ccc(C(N)=S)c(F)c1. The third-order valence-corrected chi connectivity index (χ3v) is 1.74. The molecule has 0 saturated heterocycles. The molecule has 0 spiro atoms. The van der Waals surface area contributed by atoms with Gasteiger partial charge < -0.3 is 10.5 Å². The Kier molecular flexibility index (Phi) is 3.19. The molecule has 0 amide bonds. The van der Waals surface area contributed by atoms with Crippen molar-refractivity contribution in [3.05, 3.63) is 29.6 Å². The van der Waals surface area contributed by atoms with Crippen LogP contribution in [0.2, 0.25) is 0 Å². The van der Waals surface area contributed by atoms with Gasteiger partial charge in [0, 0.05) is 11.6 Å². The minimum atomic E-state index is -0.446. The van der Waals surface area contributed by atoms with E-state index in [1.807, 2.05) is 6.92 Å². The molecule has 0 aliphatic carbocycles. The van der Waals surface area contributed by atoms with Crippen LogP contribution in [-0.4, -0.2) is 11.6 Å². The van der Waals surface area contributed by atoms with E-state index in [1.54, 1.807) is 6.07 Å². The fraction of sp³-hybridized carbons (Fsp3) is 0.222. The molecule has 0 saturated carbocycles. The van der Waals surface area contributed by atoms with Gasteiger partial charge in [-0.1, -0.05) is 12.2 Å². The predicted octanol–water partition coefficient (Wildman–Crippen LogP) is 1.86. The molecule has 0 bridgehead atoms. The molecule has 1 aromatic carbocycles. The Hall–Kier alpha value is -1.16. The van der Waals surface area contributed by atoms with Crippen molar-refractivity contribution in [1.29, 1.82) is 0 Å². The van der Waals surface area contributed by atoms with E-state index in [0.717, 1.165) is 0 Å². The van der Waals surface area contributed by atoms with Crippen molar-refractivity contribution in [3.8, 4) is 5.75 Å². The molecular weight excluding hydrogens is 189 g/mol. The maximum Gasteiger partial charge on any atom is 0.137 e. The van der Waals surface area contributed by atoms with E-state index in [2.05, 4.69) is 12.2 Å². The minimum absolute atomic E-state index is 0.0561. The standard InChI is InChI=1S/C9H10FNOS/c1-2-12-6-3-4-7(9(11)13)8(10)5-6/h3-5H,2H2,1H3,(H2,11,13). The van der Waals surface area contributed by atoms with Crippen molar-refractivity contribution >= 4 is 17.2 Å². The fourth-order valence-electron chi connectivity index (χ4n) is 0.952. The van der Waals surface area contributed by atoms with Crippen LogP contribution in [0, 0.1) is 5.82 Å². The molecule has 0 radical (unpaired) electrons. The van der Waals surface area contributed by atoms with E-state index >= 15 is 0 Å². The minimum Gasteiger partial charge on any atom is -0.494 e. The van der Waals surface area contributed by atoms with E-state index in [0.29, 0.717) is 12.4 Å². The van der Waals surface area contributed by atoms with Crippen LogP contribution in [0.25, 0.3) is 0 Å². The van der Waals surface area contributed by atoms with Gasteiger partial charge in [0.15, 0.2) is 0 Å². The van der Waals surface area contributed by atoms with Crippen LogP contribution in [-0.2, 0) is 0 Å². The van der Waals surface area contributed by atoms with Crippen molar-refractivity contribution in [2.45, 2.75) is 6.92 Å². The quantitative estimate of drug-likeness (QED) is 0.755. The van der Waals surface area contributed by atoms with E-state index in [9.17, 15) is 4.39 Å². The zero-order valence-electron chi connectivity index (χ0n) is 7.21. The van der Waals surface area contributed by atoms with Gasteiger partial charge >= 0.3 is 0 Å². The number of hydrogen-bond donors (Lipinski definition) is 1. The van der Waals surface area contributed by atoms with Gasteiger partial charge in [0.25, 0.3) is 0 Å². The van der Waals surface area contributed by atoms with Gasteiger partial charge in [-0.25, -0.2) is 4.39 Å². The first-order valence-corrected chi connectivity index (χ1v) is 4.28. The molecule has 2 N–H and O–H groups in total. The van der Waals surface area contributed by atoms with Crippen LogP contribution in [0.1, 0.15) is 12.5 Å². The van der Waals surface area contributed by atoms with Gasteiger partial charge in [-0.15, -0.1) is 0 Å². The van der Waals surface area contributed by atoms with Gasteiger partial charge in [-0.2, -0.15) is 0 Å². The topological polar surface area (TPSA) is 35.2 Å². The molecule has 0 fully saturated rings. The van der Waals surface area contributed by atoms with E-state index < -0.39 is 5.82 Å². The highest BCUT2D eigenvalue weighted by Gasteiger charge is 2.05. The maximum atomic E-state index is 13.2. The molecule has 1 rings (SSSR count). The van der Waals surface area contributed by atoms with Crippen LogP contribution in [0.15, 0.2) is 18.2 Å². The molecule has 0 unspecified atom stereocenters. The molecule has 70 valence electrons. The van der Waals surface area contributed by atoms with Crippen LogP contribution in [0.5, 0.6) is 5.75 Å². The lowest BCUT2D eigenvalue weighted by Crippen LogP contribution is -2.11. The average Bonchev–Trinajstić information content (AvgIpc) is 2.04. The molecule has 0 aromatic heterocycles. The predicted molar refractivity (Wildman–Crippen MR) is 53.5 cm³/mol. The zero-order chi connectivity index (χ0) is 9.84. The first kappa shape index (κ1) is 9.92. The Bertz CT molecular complexity index is 327. The van der Waals surface area contributed by atoms with Crippen molar-refractivity contribution in [2.75, 3.05) is 6.61 Å². The third-order valence-electron chi connectivity index (χ3n) is 1.52. The maximum absolute atomic E-state index is 13.2. The van der Waals surface area contributed by atoms with E-state index in [1.165, 1.54) is 12.1 Å². The molecule has 0 aliphatic rings. The van der Waals surface area contributed by atoms with Crippen LogP contribution in [0.4, 0.5) is 4.39 Å². The summed E-state index contributed by atoms with van der Waals surface area (Å²) >= 11 is 4.65. The van der Waals surface area contributed by atoms with Crippen molar-refractivity contribution in [1.82, 2.24) is 0 Å². The summed E-state index contributed by atoms with van der Waals surface area (Å²) in [4.78, 5) is 0.0561. The van der Waals surface area contributed by atoms with Crippen LogP contribution >= 0.6 is 12.2 Å². The molecular formula is C9H10FNOS. The van der Waals surface area contributed by atoms with Crippen molar-refractivity contribution < 1.29 is 9.13 Å². The van der Waals surface area contributed by atoms with Gasteiger partial charge in [-0.05, 0) is 19.1 Å². The third kappa shape index (κ3) is 2.39. The Morgan fingerprint density at radius 2 is 2.31 bits per heavy atom. The molecule has 0 atom stereocenters. The van der Waals surface area contributed by atoms with Gasteiger partial charge in [0.1, 0.15) is 16.6 Å². The Labute approximate surface area is 81.5 Å². The largest absolute Gasteiger partial charge is 0.494 e. The second-order valence-corrected chi connectivity index (χ2v) is 2.88. The summed E-state index contributed by atoms with van der Waals surface area (Å²) in [6.45, 7) is 2.34. The average molecular weight is 199 g/mol. The normalized spacial score (nSPS) is 9.69. The number of nitrogens with two attached hydrogens (primary N) is 1. The fourth-order valence-corrected chi connectivity index (χ4v) is 1.12. The number of hydrogen-bond acceptors (Lipinski definition) is 2. The molecule has 2 nitrogen and oxygen atoms in total. The Balaban J connectivity index is 2.98. The lowest BCUT2D eigenvalue weighted by Gasteiger charge is -2.05. The molecule has 4 heteroatoms. The highest BCUT2D eigenvalue weighted by Crippen LogP contribution is 2.16.